The highest BCUT2D eigenvalue weighted by Gasteiger charge is 2.24. The van der Waals surface area contributed by atoms with Crippen molar-refractivity contribution in [2.45, 2.75) is 38.3 Å². The van der Waals surface area contributed by atoms with Crippen LogP contribution in [0.1, 0.15) is 31.2 Å². The molecule has 18 heavy (non-hydrogen) atoms. The SMILES string of the molecule is OCCN(c1ccc(CO)cc1F)C1CCCC1. The second-order valence-corrected chi connectivity index (χ2v) is 4.80. The summed E-state index contributed by atoms with van der Waals surface area (Å²) >= 11 is 0. The summed E-state index contributed by atoms with van der Waals surface area (Å²) in [5, 5.41) is 18.1. The predicted octanol–water partition coefficient (Wildman–Crippen LogP) is 2.06. The van der Waals surface area contributed by atoms with Crippen molar-refractivity contribution in [1.82, 2.24) is 0 Å². The minimum Gasteiger partial charge on any atom is -0.395 e. The summed E-state index contributed by atoms with van der Waals surface area (Å²) in [7, 11) is 0. The van der Waals surface area contributed by atoms with Crippen molar-refractivity contribution in [3.63, 3.8) is 0 Å². The third-order valence-electron chi connectivity index (χ3n) is 3.61. The molecule has 0 saturated heterocycles. The van der Waals surface area contributed by atoms with Crippen molar-refractivity contribution >= 4 is 5.69 Å². The van der Waals surface area contributed by atoms with Crippen LogP contribution in [0.4, 0.5) is 10.1 Å². The second-order valence-electron chi connectivity index (χ2n) is 4.80. The van der Waals surface area contributed by atoms with Gasteiger partial charge in [-0.1, -0.05) is 18.9 Å². The fourth-order valence-electron chi connectivity index (χ4n) is 2.71. The van der Waals surface area contributed by atoms with Gasteiger partial charge in [-0.05, 0) is 30.5 Å². The zero-order valence-corrected chi connectivity index (χ0v) is 10.5. The van der Waals surface area contributed by atoms with E-state index in [9.17, 15) is 4.39 Å². The van der Waals surface area contributed by atoms with E-state index < -0.39 is 0 Å². The molecule has 0 radical (unpaired) electrons. The molecule has 0 aliphatic heterocycles. The maximum absolute atomic E-state index is 14.0. The number of rotatable bonds is 5. The van der Waals surface area contributed by atoms with Gasteiger partial charge in [-0.15, -0.1) is 0 Å². The smallest absolute Gasteiger partial charge is 0.146 e. The monoisotopic (exact) mass is 253 g/mol. The molecule has 4 heteroatoms. The van der Waals surface area contributed by atoms with E-state index in [0.717, 1.165) is 12.8 Å². The number of aliphatic hydroxyl groups is 2. The normalized spacial score (nSPS) is 16.2. The van der Waals surface area contributed by atoms with Gasteiger partial charge in [-0.3, -0.25) is 0 Å². The predicted molar refractivity (Wildman–Crippen MR) is 69.0 cm³/mol. The number of anilines is 1. The van der Waals surface area contributed by atoms with Crippen LogP contribution in [0.3, 0.4) is 0 Å². The number of aliphatic hydroxyl groups excluding tert-OH is 2. The number of hydrogen-bond acceptors (Lipinski definition) is 3. The van der Waals surface area contributed by atoms with Crippen LogP contribution in [0, 0.1) is 5.82 Å². The average Bonchev–Trinajstić information content (AvgIpc) is 2.90. The molecule has 1 saturated carbocycles. The fraction of sp³-hybridized carbons (Fsp3) is 0.571. The Morgan fingerprint density at radius 2 is 1.94 bits per heavy atom. The third-order valence-corrected chi connectivity index (χ3v) is 3.61. The lowest BCUT2D eigenvalue weighted by Gasteiger charge is -2.31. The first-order chi connectivity index (χ1) is 8.76. The molecule has 0 aromatic heterocycles. The van der Waals surface area contributed by atoms with Crippen LogP contribution in [-0.2, 0) is 6.61 Å². The lowest BCUT2D eigenvalue weighted by atomic mass is 10.1. The molecule has 0 bridgehead atoms. The van der Waals surface area contributed by atoms with Crippen molar-refractivity contribution in [2.24, 2.45) is 0 Å². The quantitative estimate of drug-likeness (QED) is 0.844. The van der Waals surface area contributed by atoms with E-state index in [1.54, 1.807) is 12.1 Å². The van der Waals surface area contributed by atoms with E-state index in [4.69, 9.17) is 10.2 Å². The Morgan fingerprint density at radius 3 is 2.50 bits per heavy atom. The van der Waals surface area contributed by atoms with Crippen molar-refractivity contribution in [3.05, 3.63) is 29.6 Å². The van der Waals surface area contributed by atoms with Gasteiger partial charge in [0.2, 0.25) is 0 Å². The van der Waals surface area contributed by atoms with Crippen molar-refractivity contribution in [2.75, 3.05) is 18.1 Å². The van der Waals surface area contributed by atoms with Gasteiger partial charge >= 0.3 is 0 Å². The van der Waals surface area contributed by atoms with Crippen LogP contribution in [0.2, 0.25) is 0 Å². The molecular formula is C14H20FNO2. The molecule has 2 N–H and O–H groups in total. The summed E-state index contributed by atoms with van der Waals surface area (Å²) in [5.41, 5.74) is 1.11. The van der Waals surface area contributed by atoms with Gasteiger partial charge in [0.15, 0.2) is 0 Å². The number of nitrogens with zero attached hydrogens (tertiary/aromatic N) is 1. The highest BCUT2D eigenvalue weighted by molar-refractivity contribution is 5.50. The fourth-order valence-corrected chi connectivity index (χ4v) is 2.71. The maximum Gasteiger partial charge on any atom is 0.146 e. The Labute approximate surface area is 107 Å². The van der Waals surface area contributed by atoms with Crippen LogP contribution in [0.5, 0.6) is 0 Å². The molecule has 1 fully saturated rings. The summed E-state index contributed by atoms with van der Waals surface area (Å²) in [5.74, 6) is -0.318. The standard InChI is InChI=1S/C14H20FNO2/c15-13-9-11(10-18)5-6-14(13)16(7-8-17)12-3-1-2-4-12/h5-6,9,12,17-18H,1-4,7-8,10H2. The maximum atomic E-state index is 14.0. The molecular weight excluding hydrogens is 233 g/mol. The third kappa shape index (κ3) is 2.82. The van der Waals surface area contributed by atoms with Crippen molar-refractivity contribution in [3.8, 4) is 0 Å². The van der Waals surface area contributed by atoms with Crippen LogP contribution in [-0.4, -0.2) is 29.4 Å². The Hall–Kier alpha value is -1.13. The number of halogens is 1. The zero-order chi connectivity index (χ0) is 13.0. The minimum atomic E-state index is -0.318. The molecule has 0 spiro atoms. The highest BCUT2D eigenvalue weighted by Crippen LogP contribution is 2.30. The van der Waals surface area contributed by atoms with Crippen molar-refractivity contribution < 1.29 is 14.6 Å². The van der Waals surface area contributed by atoms with Gasteiger partial charge in [-0.25, -0.2) is 4.39 Å². The summed E-state index contributed by atoms with van der Waals surface area (Å²) < 4.78 is 14.0. The van der Waals surface area contributed by atoms with E-state index in [2.05, 4.69) is 0 Å². The zero-order valence-electron chi connectivity index (χ0n) is 10.5. The van der Waals surface area contributed by atoms with Gasteiger partial charge in [0.25, 0.3) is 0 Å². The Kier molecular flexibility index (Phi) is 4.55. The molecule has 0 atom stereocenters. The van der Waals surface area contributed by atoms with E-state index >= 15 is 0 Å². The first-order valence-corrected chi connectivity index (χ1v) is 6.53. The molecule has 1 aromatic carbocycles. The molecule has 1 aliphatic carbocycles. The summed E-state index contributed by atoms with van der Waals surface area (Å²) in [6, 6.07) is 5.13. The van der Waals surface area contributed by atoms with Gasteiger partial charge in [-0.2, -0.15) is 0 Å². The lowest BCUT2D eigenvalue weighted by Crippen LogP contribution is -2.36. The minimum absolute atomic E-state index is 0.0255. The first kappa shape index (κ1) is 13.3. The summed E-state index contributed by atoms with van der Waals surface area (Å²) in [4.78, 5) is 1.96. The molecule has 1 aromatic rings. The van der Waals surface area contributed by atoms with Gasteiger partial charge in [0, 0.05) is 12.6 Å². The number of hydrogen-bond donors (Lipinski definition) is 2. The van der Waals surface area contributed by atoms with Gasteiger partial charge in [0.05, 0.1) is 18.9 Å². The highest BCUT2D eigenvalue weighted by atomic mass is 19.1. The second kappa shape index (κ2) is 6.16. The Balaban J connectivity index is 2.23. The largest absolute Gasteiger partial charge is 0.395 e. The molecule has 100 valence electrons. The lowest BCUT2D eigenvalue weighted by molar-refractivity contribution is 0.281. The Morgan fingerprint density at radius 1 is 1.22 bits per heavy atom. The average molecular weight is 253 g/mol. The van der Waals surface area contributed by atoms with Crippen LogP contribution >= 0.6 is 0 Å². The van der Waals surface area contributed by atoms with Gasteiger partial charge < -0.3 is 15.1 Å². The summed E-state index contributed by atoms with van der Waals surface area (Å²) in [6.45, 7) is 0.332. The molecule has 1 aliphatic rings. The van der Waals surface area contributed by atoms with Crippen LogP contribution < -0.4 is 4.90 Å². The van der Waals surface area contributed by atoms with Crippen LogP contribution in [0.15, 0.2) is 18.2 Å². The van der Waals surface area contributed by atoms with Gasteiger partial charge in [0.1, 0.15) is 5.82 Å². The molecule has 2 rings (SSSR count). The molecule has 0 unspecified atom stereocenters. The number of benzene rings is 1. The van der Waals surface area contributed by atoms with E-state index in [-0.39, 0.29) is 19.0 Å². The van der Waals surface area contributed by atoms with E-state index in [1.807, 2.05) is 4.90 Å². The van der Waals surface area contributed by atoms with E-state index in [0.29, 0.717) is 23.8 Å². The van der Waals surface area contributed by atoms with Crippen LogP contribution in [0.25, 0.3) is 0 Å². The van der Waals surface area contributed by atoms with Crippen molar-refractivity contribution in [1.29, 1.82) is 0 Å². The Bertz CT molecular complexity index is 391. The summed E-state index contributed by atoms with van der Waals surface area (Å²) in [6.07, 6.45) is 4.45. The first-order valence-electron chi connectivity index (χ1n) is 6.53. The topological polar surface area (TPSA) is 43.7 Å². The molecule has 3 nitrogen and oxygen atoms in total. The van der Waals surface area contributed by atoms with E-state index in [1.165, 1.54) is 18.9 Å². The molecule has 0 heterocycles. The molecule has 0 amide bonds.